The van der Waals surface area contributed by atoms with Gasteiger partial charge in [0, 0.05) is 20.8 Å². The first kappa shape index (κ1) is 28.5. The van der Waals surface area contributed by atoms with E-state index in [0.29, 0.717) is 15.1 Å². The number of nitrogens with zero attached hydrogens (tertiary/aromatic N) is 4. The minimum absolute atomic E-state index is 0.112. The van der Waals surface area contributed by atoms with Gasteiger partial charge < -0.3 is 10.1 Å². The summed E-state index contributed by atoms with van der Waals surface area (Å²) in [7, 11) is 0. The molecule has 40 heavy (non-hydrogen) atoms. The highest BCUT2D eigenvalue weighted by Crippen LogP contribution is 2.43. The molecule has 0 bridgehead atoms. The summed E-state index contributed by atoms with van der Waals surface area (Å²) in [5.74, 6) is 2.31. The van der Waals surface area contributed by atoms with Gasteiger partial charge in [-0.25, -0.2) is 4.68 Å². The van der Waals surface area contributed by atoms with Crippen LogP contribution in [0.2, 0.25) is 15.1 Å². The van der Waals surface area contributed by atoms with Crippen LogP contribution in [0.5, 0.6) is 11.5 Å². The second-order valence-corrected chi connectivity index (χ2v) is 12.6. The van der Waals surface area contributed by atoms with Crippen LogP contribution in [0.15, 0.2) is 72.8 Å². The molecule has 1 aliphatic carbocycles. The maximum absolute atomic E-state index is 6.46. The third-order valence-corrected chi connectivity index (χ3v) is 8.05. The van der Waals surface area contributed by atoms with E-state index in [-0.39, 0.29) is 11.5 Å². The van der Waals surface area contributed by atoms with Gasteiger partial charge >= 0.3 is 0 Å². The zero-order valence-corrected chi connectivity index (χ0v) is 25.0. The van der Waals surface area contributed by atoms with Gasteiger partial charge in [-0.1, -0.05) is 86.6 Å². The number of rotatable bonds is 8. The van der Waals surface area contributed by atoms with E-state index in [1.165, 1.54) is 0 Å². The number of hydrogen-bond donors (Lipinski definition) is 1. The lowest BCUT2D eigenvalue weighted by molar-refractivity contribution is 0.254. The Morgan fingerprint density at radius 3 is 2.15 bits per heavy atom. The van der Waals surface area contributed by atoms with Crippen molar-refractivity contribution in [3.8, 4) is 11.5 Å². The number of allylic oxidation sites excluding steroid dienone is 1. The minimum Gasteiger partial charge on any atom is -0.457 e. The van der Waals surface area contributed by atoms with Crippen LogP contribution in [0.25, 0.3) is 6.08 Å². The monoisotopic (exact) mass is 595 g/mol. The Hall–Kier alpha value is -3.06. The van der Waals surface area contributed by atoms with E-state index in [4.69, 9.17) is 39.5 Å². The predicted molar refractivity (Wildman–Crippen MR) is 164 cm³/mol. The molecule has 6 nitrogen and oxygen atoms in total. The van der Waals surface area contributed by atoms with Crippen molar-refractivity contribution in [2.45, 2.75) is 58.0 Å². The highest BCUT2D eigenvalue weighted by molar-refractivity contribution is 6.35. The van der Waals surface area contributed by atoms with Gasteiger partial charge in [0.2, 0.25) is 0 Å². The lowest BCUT2D eigenvalue weighted by Gasteiger charge is -2.35. The summed E-state index contributed by atoms with van der Waals surface area (Å²) in [6, 6.07) is 20.7. The first-order valence-corrected chi connectivity index (χ1v) is 14.5. The fourth-order valence-electron chi connectivity index (χ4n) is 5.17. The number of nitrogens with one attached hydrogen (secondary N) is 1. The van der Waals surface area contributed by atoms with E-state index in [0.717, 1.165) is 54.3 Å². The first-order valence-electron chi connectivity index (χ1n) is 13.4. The fourth-order valence-corrected chi connectivity index (χ4v) is 5.77. The van der Waals surface area contributed by atoms with Gasteiger partial charge in [0.25, 0.3) is 0 Å². The van der Waals surface area contributed by atoms with E-state index < -0.39 is 5.54 Å². The number of tetrazole rings is 1. The van der Waals surface area contributed by atoms with E-state index in [1.54, 1.807) is 6.07 Å². The molecule has 9 heteroatoms. The fraction of sp³-hybridized carbons (Fsp3) is 0.323. The normalized spacial score (nSPS) is 15.8. The summed E-state index contributed by atoms with van der Waals surface area (Å²) in [5, 5.41) is 18.9. The molecular weight excluding hydrogens is 565 g/mol. The van der Waals surface area contributed by atoms with E-state index in [1.807, 2.05) is 71.4 Å². The second-order valence-electron chi connectivity index (χ2n) is 11.3. The van der Waals surface area contributed by atoms with Crippen molar-refractivity contribution in [2.24, 2.45) is 5.41 Å². The lowest BCUT2D eigenvalue weighted by Crippen LogP contribution is -2.38. The lowest BCUT2D eigenvalue weighted by atomic mass is 9.85. The van der Waals surface area contributed by atoms with Crippen LogP contribution >= 0.6 is 34.8 Å². The molecular formula is C31H32Cl3N5O. The zero-order chi connectivity index (χ0) is 28.3. The van der Waals surface area contributed by atoms with E-state index >= 15 is 0 Å². The molecule has 1 fully saturated rings. The molecule has 4 aromatic rings. The van der Waals surface area contributed by atoms with Crippen molar-refractivity contribution in [2.75, 3.05) is 5.32 Å². The van der Waals surface area contributed by atoms with Crippen LogP contribution < -0.4 is 10.1 Å². The molecule has 0 saturated heterocycles. The maximum atomic E-state index is 6.46. The number of ether oxygens (including phenoxy) is 1. The van der Waals surface area contributed by atoms with Crippen molar-refractivity contribution in [3.05, 3.63) is 99.3 Å². The molecule has 1 saturated carbocycles. The standard InChI is InChI=1S/C31H32Cl3N5O/c1-30(2,3)28(17-7-21-6-8-23(33)20-27(21)34)39-29(36-37-38-39)31(18-4-5-19-31)35-24-11-15-26(16-12-24)40-25-13-9-22(32)10-14-25/h6-17,20,28,35H,4-5,18-19H2,1-3H3/b17-7-/t28-/m1/s1. The molecule has 1 N–H and O–H groups in total. The van der Waals surface area contributed by atoms with E-state index in [9.17, 15) is 0 Å². The molecule has 5 rings (SSSR count). The molecule has 1 atom stereocenters. The van der Waals surface area contributed by atoms with Crippen LogP contribution in [0.1, 0.15) is 63.9 Å². The van der Waals surface area contributed by atoms with Gasteiger partial charge in [-0.2, -0.15) is 0 Å². The van der Waals surface area contributed by atoms with Crippen molar-refractivity contribution < 1.29 is 4.74 Å². The zero-order valence-electron chi connectivity index (χ0n) is 22.7. The van der Waals surface area contributed by atoms with Crippen molar-refractivity contribution >= 4 is 46.6 Å². The Morgan fingerprint density at radius 1 is 0.900 bits per heavy atom. The number of aromatic nitrogens is 4. The predicted octanol–water partition coefficient (Wildman–Crippen LogP) is 9.61. The van der Waals surface area contributed by atoms with Crippen molar-refractivity contribution in [3.63, 3.8) is 0 Å². The smallest absolute Gasteiger partial charge is 0.177 e. The summed E-state index contributed by atoms with van der Waals surface area (Å²) in [5.41, 5.74) is 1.32. The summed E-state index contributed by atoms with van der Waals surface area (Å²) in [4.78, 5) is 0. The van der Waals surface area contributed by atoms with Gasteiger partial charge in [-0.3, -0.25) is 0 Å². The molecule has 1 aromatic heterocycles. The number of benzene rings is 3. The Labute approximate surface area is 250 Å². The molecule has 0 radical (unpaired) electrons. The summed E-state index contributed by atoms with van der Waals surface area (Å²) in [6.45, 7) is 6.56. The highest BCUT2D eigenvalue weighted by Gasteiger charge is 2.42. The maximum Gasteiger partial charge on any atom is 0.177 e. The van der Waals surface area contributed by atoms with E-state index in [2.05, 4.69) is 47.7 Å². The van der Waals surface area contributed by atoms with Gasteiger partial charge in [-0.15, -0.1) is 5.10 Å². The summed E-state index contributed by atoms with van der Waals surface area (Å²) < 4.78 is 7.94. The van der Waals surface area contributed by atoms with Crippen LogP contribution in [0.3, 0.4) is 0 Å². The average Bonchev–Trinajstić information content (AvgIpc) is 3.58. The molecule has 1 aliphatic rings. The van der Waals surface area contributed by atoms with Crippen LogP contribution in [-0.4, -0.2) is 20.2 Å². The van der Waals surface area contributed by atoms with Crippen LogP contribution in [0.4, 0.5) is 5.69 Å². The number of anilines is 1. The van der Waals surface area contributed by atoms with Gasteiger partial charge in [-0.05, 0) is 94.9 Å². The molecule has 0 spiro atoms. The molecule has 0 unspecified atom stereocenters. The third-order valence-electron chi connectivity index (χ3n) is 7.24. The third kappa shape index (κ3) is 6.46. The number of halogens is 3. The van der Waals surface area contributed by atoms with Crippen LogP contribution in [-0.2, 0) is 5.54 Å². The Kier molecular flexibility index (Phi) is 8.41. The van der Waals surface area contributed by atoms with Gasteiger partial charge in [0.05, 0.1) is 11.6 Å². The average molecular weight is 597 g/mol. The molecule has 1 heterocycles. The molecule has 3 aromatic carbocycles. The quantitative estimate of drug-likeness (QED) is 0.219. The molecule has 208 valence electrons. The van der Waals surface area contributed by atoms with Crippen molar-refractivity contribution in [1.29, 1.82) is 0 Å². The minimum atomic E-state index is -0.392. The summed E-state index contributed by atoms with van der Waals surface area (Å²) >= 11 is 18.5. The topological polar surface area (TPSA) is 64.9 Å². The summed E-state index contributed by atoms with van der Waals surface area (Å²) in [6.07, 6.45) is 8.19. The molecule has 0 aliphatic heterocycles. The largest absolute Gasteiger partial charge is 0.457 e. The Balaban J connectivity index is 1.42. The Morgan fingerprint density at radius 2 is 1.52 bits per heavy atom. The van der Waals surface area contributed by atoms with Crippen molar-refractivity contribution in [1.82, 2.24) is 20.2 Å². The Bertz CT molecular complexity index is 1470. The second kappa shape index (κ2) is 11.8. The van der Waals surface area contributed by atoms with Crippen LogP contribution in [0, 0.1) is 5.41 Å². The first-order chi connectivity index (χ1) is 19.1. The number of hydrogen-bond acceptors (Lipinski definition) is 5. The van der Waals surface area contributed by atoms with Gasteiger partial charge in [0.15, 0.2) is 5.82 Å². The molecule has 0 amide bonds. The SMILES string of the molecule is CC(C)(C)[C@@H](/C=C\c1ccc(Cl)cc1Cl)n1nnnc1C1(Nc2ccc(Oc3ccc(Cl)cc3)cc2)CCCC1. The highest BCUT2D eigenvalue weighted by atomic mass is 35.5. The van der Waals surface area contributed by atoms with Gasteiger partial charge in [0.1, 0.15) is 11.5 Å².